The quantitative estimate of drug-likeness (QED) is 0.910. The van der Waals surface area contributed by atoms with Gasteiger partial charge in [0.2, 0.25) is 0 Å². The van der Waals surface area contributed by atoms with Crippen LogP contribution in [0.2, 0.25) is 5.02 Å². The van der Waals surface area contributed by atoms with Gasteiger partial charge in [-0.25, -0.2) is 8.42 Å². The molecule has 0 unspecified atom stereocenters. The number of halogens is 2. The monoisotopic (exact) mass is 363 g/mol. The number of hydrogen-bond donors (Lipinski definition) is 1. The second kappa shape index (κ2) is 5.15. The third-order valence-electron chi connectivity index (χ3n) is 2.48. The van der Waals surface area contributed by atoms with Crippen molar-refractivity contribution in [3.8, 4) is 0 Å². The van der Waals surface area contributed by atoms with E-state index < -0.39 is 10.0 Å². The molecular weight excluding hydrogens is 354 g/mol. The summed E-state index contributed by atoms with van der Waals surface area (Å²) >= 11 is 9.30. The summed E-state index contributed by atoms with van der Waals surface area (Å²) in [6.07, 6.45) is 2.71. The van der Waals surface area contributed by atoms with Gasteiger partial charge in [0.1, 0.15) is 4.90 Å². The fraction of sp³-hybridized carbons (Fsp3) is 0.182. The highest BCUT2D eigenvalue weighted by Gasteiger charge is 2.18. The van der Waals surface area contributed by atoms with Gasteiger partial charge in [0.15, 0.2) is 0 Å². The van der Waals surface area contributed by atoms with Gasteiger partial charge < -0.3 is 0 Å². The van der Waals surface area contributed by atoms with E-state index in [-0.39, 0.29) is 4.90 Å². The molecule has 0 aliphatic carbocycles. The van der Waals surface area contributed by atoms with Gasteiger partial charge in [0.25, 0.3) is 10.0 Å². The first-order chi connectivity index (χ1) is 8.79. The summed E-state index contributed by atoms with van der Waals surface area (Å²) in [6, 6.07) is 3.32. The Morgan fingerprint density at radius 1 is 1.42 bits per heavy atom. The smallest absolute Gasteiger partial charge is 0.265 e. The average molecular weight is 365 g/mol. The molecule has 0 saturated heterocycles. The zero-order chi connectivity index (χ0) is 14.2. The maximum absolute atomic E-state index is 12.1. The van der Waals surface area contributed by atoms with Crippen molar-refractivity contribution in [2.45, 2.75) is 11.8 Å². The first kappa shape index (κ1) is 14.4. The fourth-order valence-corrected chi connectivity index (χ4v) is 3.37. The van der Waals surface area contributed by atoms with E-state index in [1.165, 1.54) is 17.1 Å². The largest absolute Gasteiger partial charge is 0.278 e. The van der Waals surface area contributed by atoms with Crippen LogP contribution in [0.4, 0.5) is 5.69 Å². The van der Waals surface area contributed by atoms with Gasteiger partial charge in [-0.2, -0.15) is 5.10 Å². The molecule has 0 bridgehead atoms. The van der Waals surface area contributed by atoms with E-state index in [0.717, 1.165) is 5.56 Å². The lowest BCUT2D eigenvalue weighted by molar-refractivity contribution is 0.601. The second-order valence-electron chi connectivity index (χ2n) is 4.04. The molecule has 0 spiro atoms. The Hall–Kier alpha value is -1.05. The number of aromatic nitrogens is 2. The Balaban J connectivity index is 2.38. The van der Waals surface area contributed by atoms with E-state index in [1.807, 2.05) is 6.92 Å². The third-order valence-corrected chi connectivity index (χ3v) is 4.87. The fourth-order valence-electron chi connectivity index (χ4n) is 1.47. The predicted molar refractivity (Wildman–Crippen MR) is 77.9 cm³/mol. The van der Waals surface area contributed by atoms with Crippen LogP contribution in [-0.4, -0.2) is 18.2 Å². The lowest BCUT2D eigenvalue weighted by Gasteiger charge is -2.10. The highest BCUT2D eigenvalue weighted by Crippen LogP contribution is 2.30. The zero-order valence-electron chi connectivity index (χ0n) is 10.2. The summed E-state index contributed by atoms with van der Waals surface area (Å²) in [7, 11) is -2.02. The molecule has 1 heterocycles. The predicted octanol–water partition coefficient (Wildman–Crippen LogP) is 2.95. The van der Waals surface area contributed by atoms with Crippen LogP contribution < -0.4 is 4.72 Å². The van der Waals surface area contributed by atoms with Crippen LogP contribution in [0.5, 0.6) is 0 Å². The molecule has 19 heavy (non-hydrogen) atoms. The van der Waals surface area contributed by atoms with Crippen LogP contribution in [0.1, 0.15) is 5.56 Å². The number of anilines is 1. The van der Waals surface area contributed by atoms with Crippen LogP contribution in [0.3, 0.4) is 0 Å². The number of rotatable bonds is 3. The van der Waals surface area contributed by atoms with E-state index in [9.17, 15) is 8.42 Å². The number of benzene rings is 1. The molecule has 0 amide bonds. The molecule has 1 N–H and O–H groups in total. The Labute approximate surface area is 124 Å². The minimum atomic E-state index is -3.67. The van der Waals surface area contributed by atoms with Gasteiger partial charge in [-0.05, 0) is 40.5 Å². The minimum absolute atomic E-state index is 0.0959. The lowest BCUT2D eigenvalue weighted by Crippen LogP contribution is -2.12. The Kier molecular flexibility index (Phi) is 3.89. The van der Waals surface area contributed by atoms with Crippen molar-refractivity contribution in [2.24, 2.45) is 7.05 Å². The van der Waals surface area contributed by atoms with E-state index in [2.05, 4.69) is 25.8 Å². The molecule has 0 fully saturated rings. The minimum Gasteiger partial charge on any atom is -0.278 e. The van der Waals surface area contributed by atoms with Gasteiger partial charge >= 0.3 is 0 Å². The molecule has 102 valence electrons. The highest BCUT2D eigenvalue weighted by atomic mass is 79.9. The zero-order valence-corrected chi connectivity index (χ0v) is 13.3. The molecule has 0 atom stereocenters. The van der Waals surface area contributed by atoms with E-state index in [1.54, 1.807) is 19.2 Å². The van der Waals surface area contributed by atoms with Crippen molar-refractivity contribution in [1.29, 1.82) is 0 Å². The molecule has 8 heteroatoms. The molecule has 2 aromatic rings. The summed E-state index contributed by atoms with van der Waals surface area (Å²) in [5.74, 6) is 0. The van der Waals surface area contributed by atoms with E-state index in [4.69, 9.17) is 11.6 Å². The molecule has 1 aromatic carbocycles. The number of nitrogens with one attached hydrogen (secondary N) is 1. The SMILES string of the molecule is Cc1cc(Br)c(NS(=O)(=O)c2cnn(C)c2)cc1Cl. The van der Waals surface area contributed by atoms with Gasteiger partial charge in [0.05, 0.1) is 11.9 Å². The van der Waals surface area contributed by atoms with E-state index >= 15 is 0 Å². The topological polar surface area (TPSA) is 64.0 Å². The standard InChI is InChI=1S/C11H11BrClN3O2S/c1-7-3-9(12)11(4-10(7)13)15-19(17,18)8-5-14-16(2)6-8/h3-6,15H,1-2H3. The number of hydrogen-bond acceptors (Lipinski definition) is 3. The number of aryl methyl sites for hydroxylation is 2. The molecule has 1 aromatic heterocycles. The summed E-state index contributed by atoms with van der Waals surface area (Å²) < 4.78 is 28.8. The maximum atomic E-state index is 12.1. The van der Waals surface area contributed by atoms with Crippen molar-refractivity contribution in [3.63, 3.8) is 0 Å². The molecule has 0 radical (unpaired) electrons. The molecule has 0 saturated carbocycles. The number of nitrogens with zero attached hydrogens (tertiary/aromatic N) is 2. The van der Waals surface area contributed by atoms with Crippen molar-refractivity contribution < 1.29 is 8.42 Å². The second-order valence-corrected chi connectivity index (χ2v) is 6.98. The molecule has 2 rings (SSSR count). The summed E-state index contributed by atoms with van der Waals surface area (Å²) in [5, 5.41) is 4.33. The van der Waals surface area contributed by atoms with Crippen LogP contribution in [0, 0.1) is 6.92 Å². The molecular formula is C11H11BrClN3O2S. The van der Waals surface area contributed by atoms with Crippen molar-refractivity contribution in [1.82, 2.24) is 9.78 Å². The van der Waals surface area contributed by atoms with Gasteiger partial charge in [-0.15, -0.1) is 0 Å². The van der Waals surface area contributed by atoms with Crippen LogP contribution in [0.25, 0.3) is 0 Å². The summed E-state index contributed by atoms with van der Waals surface area (Å²) in [4.78, 5) is 0.0959. The Morgan fingerprint density at radius 2 is 2.11 bits per heavy atom. The van der Waals surface area contributed by atoms with Crippen molar-refractivity contribution in [2.75, 3.05) is 4.72 Å². The van der Waals surface area contributed by atoms with Crippen molar-refractivity contribution >= 4 is 43.2 Å². The van der Waals surface area contributed by atoms with Crippen LogP contribution in [-0.2, 0) is 17.1 Å². The van der Waals surface area contributed by atoms with Gasteiger partial charge in [-0.1, -0.05) is 11.6 Å². The number of sulfonamides is 1. The average Bonchev–Trinajstić information content (AvgIpc) is 2.73. The Bertz CT molecular complexity index is 728. The molecule has 0 aliphatic rings. The van der Waals surface area contributed by atoms with Crippen molar-refractivity contribution in [3.05, 3.63) is 39.6 Å². The van der Waals surface area contributed by atoms with Crippen LogP contribution in [0.15, 0.2) is 33.9 Å². The normalized spacial score (nSPS) is 11.6. The molecule has 0 aliphatic heterocycles. The summed E-state index contributed by atoms with van der Waals surface area (Å²) in [6.45, 7) is 1.84. The lowest BCUT2D eigenvalue weighted by atomic mass is 10.2. The van der Waals surface area contributed by atoms with E-state index in [0.29, 0.717) is 15.2 Å². The Morgan fingerprint density at radius 3 is 2.68 bits per heavy atom. The maximum Gasteiger partial charge on any atom is 0.265 e. The summed E-state index contributed by atoms with van der Waals surface area (Å²) in [5.41, 5.74) is 1.25. The first-order valence-corrected chi connectivity index (χ1v) is 7.92. The first-order valence-electron chi connectivity index (χ1n) is 5.27. The highest BCUT2D eigenvalue weighted by molar-refractivity contribution is 9.10. The van der Waals surface area contributed by atoms with Gasteiger partial charge in [-0.3, -0.25) is 9.40 Å². The van der Waals surface area contributed by atoms with Crippen LogP contribution >= 0.6 is 27.5 Å². The van der Waals surface area contributed by atoms with Gasteiger partial charge in [0, 0.05) is 22.7 Å². The molecule has 5 nitrogen and oxygen atoms in total. The third kappa shape index (κ3) is 3.10.